The number of hydrogen-bond donors (Lipinski definition) is 3. The molecule has 0 saturated carbocycles. The number of nitrogens with one attached hydrogen (secondary N) is 1. The number of nitrogens with zero attached hydrogens (tertiary/aromatic N) is 4. The summed E-state index contributed by atoms with van der Waals surface area (Å²) >= 11 is 0. The highest BCUT2D eigenvalue weighted by atomic mass is 19.1. The molecular weight excluding hydrogens is 421 g/mol. The molecule has 3 N–H and O–H groups in total. The van der Waals surface area contributed by atoms with Crippen molar-refractivity contribution in [2.24, 2.45) is 0 Å². The SMILES string of the molecule is Cc1cn(-c2ccc(Nc3cccn4c(CO)c(-c5ccc(F)cc5)nc34)cc2CO)cn1. The van der Waals surface area contributed by atoms with Crippen molar-refractivity contribution in [1.29, 1.82) is 0 Å². The van der Waals surface area contributed by atoms with Crippen molar-refractivity contribution in [2.45, 2.75) is 20.1 Å². The van der Waals surface area contributed by atoms with Crippen molar-refractivity contribution in [3.63, 3.8) is 0 Å². The maximum absolute atomic E-state index is 13.4. The highest BCUT2D eigenvalue weighted by Crippen LogP contribution is 2.30. The number of imidazole rings is 2. The summed E-state index contributed by atoms with van der Waals surface area (Å²) in [6.07, 6.45) is 5.45. The predicted octanol–water partition coefficient (Wildman–Crippen LogP) is 4.36. The van der Waals surface area contributed by atoms with E-state index in [1.807, 2.05) is 58.6 Å². The molecule has 0 amide bonds. The number of benzene rings is 2. The maximum Gasteiger partial charge on any atom is 0.161 e. The summed E-state index contributed by atoms with van der Waals surface area (Å²) in [4.78, 5) is 9.00. The number of rotatable bonds is 6. The van der Waals surface area contributed by atoms with Gasteiger partial charge in [0.15, 0.2) is 5.65 Å². The lowest BCUT2D eigenvalue weighted by atomic mass is 10.1. The van der Waals surface area contributed by atoms with Gasteiger partial charge in [-0.2, -0.15) is 0 Å². The molecule has 2 aromatic carbocycles. The molecule has 5 aromatic rings. The van der Waals surface area contributed by atoms with Gasteiger partial charge in [-0.05, 0) is 61.5 Å². The minimum absolute atomic E-state index is 0.126. The fraction of sp³-hybridized carbons (Fsp3) is 0.120. The quantitative estimate of drug-likeness (QED) is 0.363. The smallest absolute Gasteiger partial charge is 0.161 e. The van der Waals surface area contributed by atoms with Crippen LogP contribution in [0.25, 0.3) is 22.6 Å². The predicted molar refractivity (Wildman–Crippen MR) is 124 cm³/mol. The zero-order valence-corrected chi connectivity index (χ0v) is 17.9. The number of aliphatic hydroxyl groups excluding tert-OH is 2. The molecule has 0 aliphatic rings. The van der Waals surface area contributed by atoms with Crippen molar-refractivity contribution in [3.05, 3.63) is 96.1 Å². The number of halogens is 1. The lowest BCUT2D eigenvalue weighted by Gasteiger charge is -2.13. The molecule has 0 atom stereocenters. The molecular formula is C25H22FN5O2. The van der Waals surface area contributed by atoms with Crippen LogP contribution in [-0.2, 0) is 13.2 Å². The van der Waals surface area contributed by atoms with Crippen LogP contribution in [0.5, 0.6) is 0 Å². The van der Waals surface area contributed by atoms with Gasteiger partial charge in [0.1, 0.15) is 5.82 Å². The monoisotopic (exact) mass is 443 g/mol. The normalized spacial score (nSPS) is 11.3. The molecule has 0 spiro atoms. The lowest BCUT2D eigenvalue weighted by Crippen LogP contribution is -2.01. The van der Waals surface area contributed by atoms with Crippen LogP contribution in [0.1, 0.15) is 17.0 Å². The molecule has 0 unspecified atom stereocenters. The summed E-state index contributed by atoms with van der Waals surface area (Å²) < 4.78 is 17.1. The molecule has 0 aliphatic heterocycles. The lowest BCUT2D eigenvalue weighted by molar-refractivity contribution is 0.276. The Bertz CT molecular complexity index is 1440. The second kappa shape index (κ2) is 8.50. The van der Waals surface area contributed by atoms with Crippen LogP contribution in [0.3, 0.4) is 0 Å². The summed E-state index contributed by atoms with van der Waals surface area (Å²) in [6, 6.07) is 15.5. The molecule has 0 bridgehead atoms. The van der Waals surface area contributed by atoms with Crippen LogP contribution in [0.4, 0.5) is 15.8 Å². The van der Waals surface area contributed by atoms with Gasteiger partial charge in [-0.25, -0.2) is 14.4 Å². The van der Waals surface area contributed by atoms with Crippen LogP contribution < -0.4 is 5.32 Å². The molecule has 0 fully saturated rings. The molecule has 166 valence electrons. The van der Waals surface area contributed by atoms with Crippen LogP contribution in [0.2, 0.25) is 0 Å². The number of pyridine rings is 1. The van der Waals surface area contributed by atoms with E-state index in [4.69, 9.17) is 4.98 Å². The number of anilines is 2. The molecule has 0 saturated heterocycles. The third-order valence-corrected chi connectivity index (χ3v) is 5.54. The fourth-order valence-electron chi connectivity index (χ4n) is 3.95. The zero-order valence-electron chi connectivity index (χ0n) is 17.9. The molecule has 3 aromatic heterocycles. The first-order chi connectivity index (χ1) is 16.1. The van der Waals surface area contributed by atoms with E-state index in [0.29, 0.717) is 17.0 Å². The van der Waals surface area contributed by atoms with E-state index in [1.165, 1.54) is 12.1 Å². The van der Waals surface area contributed by atoms with Crippen LogP contribution in [-0.4, -0.2) is 29.1 Å². The maximum atomic E-state index is 13.4. The van der Waals surface area contributed by atoms with Crippen molar-refractivity contribution in [2.75, 3.05) is 5.32 Å². The van der Waals surface area contributed by atoms with Gasteiger partial charge in [0, 0.05) is 29.2 Å². The minimum atomic E-state index is -0.329. The summed E-state index contributed by atoms with van der Waals surface area (Å²) in [5, 5.41) is 23.3. The van der Waals surface area contributed by atoms with Gasteiger partial charge in [-0.3, -0.25) is 4.40 Å². The van der Waals surface area contributed by atoms with Gasteiger partial charge in [0.05, 0.1) is 48.0 Å². The average Bonchev–Trinajstić information content (AvgIpc) is 3.43. The first-order valence-corrected chi connectivity index (χ1v) is 10.5. The fourth-order valence-corrected chi connectivity index (χ4v) is 3.95. The molecule has 8 heteroatoms. The van der Waals surface area contributed by atoms with Crippen LogP contribution >= 0.6 is 0 Å². The Morgan fingerprint density at radius 2 is 1.85 bits per heavy atom. The van der Waals surface area contributed by atoms with Gasteiger partial charge >= 0.3 is 0 Å². The zero-order chi connectivity index (χ0) is 22.9. The van der Waals surface area contributed by atoms with Gasteiger partial charge in [-0.15, -0.1) is 0 Å². The number of hydrogen-bond acceptors (Lipinski definition) is 5. The van der Waals surface area contributed by atoms with Crippen LogP contribution in [0, 0.1) is 12.7 Å². The largest absolute Gasteiger partial charge is 0.392 e. The Hall–Kier alpha value is -4.01. The Balaban J connectivity index is 1.55. The summed E-state index contributed by atoms with van der Waals surface area (Å²) in [5.41, 5.74) is 6.55. The molecule has 33 heavy (non-hydrogen) atoms. The number of aryl methyl sites for hydroxylation is 1. The van der Waals surface area contributed by atoms with Crippen molar-refractivity contribution < 1.29 is 14.6 Å². The van der Waals surface area contributed by atoms with Crippen molar-refractivity contribution in [1.82, 2.24) is 18.9 Å². The topological polar surface area (TPSA) is 87.6 Å². The average molecular weight is 443 g/mol. The standard InChI is InChI=1S/C25H22FN5O2/c1-16-12-30(15-27-16)22-9-8-20(11-18(22)13-32)28-21-3-2-10-31-23(14-33)24(29-25(21)31)17-4-6-19(26)7-5-17/h2-12,15,28,32-33H,13-14H2,1H3. The highest BCUT2D eigenvalue weighted by Gasteiger charge is 2.16. The molecule has 3 heterocycles. The third kappa shape index (κ3) is 3.86. The van der Waals surface area contributed by atoms with E-state index in [1.54, 1.807) is 18.5 Å². The third-order valence-electron chi connectivity index (χ3n) is 5.54. The van der Waals surface area contributed by atoms with E-state index in [2.05, 4.69) is 10.3 Å². The van der Waals surface area contributed by atoms with E-state index in [0.717, 1.165) is 33.9 Å². The van der Waals surface area contributed by atoms with Gasteiger partial charge in [0.2, 0.25) is 0 Å². The number of fused-ring (bicyclic) bond motifs is 1. The van der Waals surface area contributed by atoms with E-state index < -0.39 is 0 Å². The van der Waals surface area contributed by atoms with E-state index >= 15 is 0 Å². The summed E-state index contributed by atoms with van der Waals surface area (Å²) in [7, 11) is 0. The Morgan fingerprint density at radius 1 is 1.03 bits per heavy atom. The number of aromatic nitrogens is 4. The summed E-state index contributed by atoms with van der Waals surface area (Å²) in [5.74, 6) is -0.329. The first kappa shape index (κ1) is 20.9. The van der Waals surface area contributed by atoms with Crippen molar-refractivity contribution in [3.8, 4) is 16.9 Å². The van der Waals surface area contributed by atoms with Gasteiger partial charge in [0.25, 0.3) is 0 Å². The van der Waals surface area contributed by atoms with E-state index in [9.17, 15) is 14.6 Å². The Morgan fingerprint density at radius 3 is 2.55 bits per heavy atom. The first-order valence-electron chi connectivity index (χ1n) is 10.5. The summed E-state index contributed by atoms with van der Waals surface area (Å²) in [6.45, 7) is 1.57. The molecule has 7 nitrogen and oxygen atoms in total. The Kier molecular flexibility index (Phi) is 5.37. The van der Waals surface area contributed by atoms with Gasteiger partial charge in [-0.1, -0.05) is 0 Å². The molecule has 5 rings (SSSR count). The molecule has 0 radical (unpaired) electrons. The van der Waals surface area contributed by atoms with E-state index in [-0.39, 0.29) is 19.0 Å². The Labute approximate surface area is 189 Å². The molecule has 0 aliphatic carbocycles. The second-order valence-electron chi connectivity index (χ2n) is 7.74. The van der Waals surface area contributed by atoms with Gasteiger partial charge < -0.3 is 20.1 Å². The number of aliphatic hydroxyl groups is 2. The van der Waals surface area contributed by atoms with Crippen molar-refractivity contribution >= 4 is 17.0 Å². The van der Waals surface area contributed by atoms with Crippen LogP contribution in [0.15, 0.2) is 73.3 Å². The highest BCUT2D eigenvalue weighted by molar-refractivity contribution is 5.78. The second-order valence-corrected chi connectivity index (χ2v) is 7.74. The minimum Gasteiger partial charge on any atom is -0.392 e.